The maximum absolute atomic E-state index is 12.7. The summed E-state index contributed by atoms with van der Waals surface area (Å²) >= 11 is 0. The van der Waals surface area contributed by atoms with Crippen molar-refractivity contribution in [3.63, 3.8) is 0 Å². The predicted octanol–water partition coefficient (Wildman–Crippen LogP) is 2.13. The molecule has 0 aliphatic carbocycles. The highest BCUT2D eigenvalue weighted by Gasteiger charge is 2.21. The van der Waals surface area contributed by atoms with Gasteiger partial charge >= 0.3 is 0 Å². The van der Waals surface area contributed by atoms with Crippen molar-refractivity contribution < 1.29 is 14.1 Å². The standard InChI is InChI=1S/C22H29N3O3S/c1-19-7-3-2-6-18-29(27)21-9-5-4-8-20(21)23-22(19)25-12-10-24(11-13-25)14-16-28-17-15-26/h2-9,26H,1,10-18H2/b6-2-,7-3-,23-22?. The minimum absolute atomic E-state index is 0.0602. The molecule has 1 saturated heterocycles. The topological polar surface area (TPSA) is 65.4 Å². The first-order valence-electron chi connectivity index (χ1n) is 9.93. The highest BCUT2D eigenvalue weighted by atomic mass is 32.2. The van der Waals surface area contributed by atoms with Crippen LogP contribution in [0.3, 0.4) is 0 Å². The van der Waals surface area contributed by atoms with E-state index in [9.17, 15) is 4.21 Å². The number of aliphatic hydroxyl groups is 1. The van der Waals surface area contributed by atoms with Crippen LogP contribution >= 0.6 is 0 Å². The molecule has 0 radical (unpaired) electrons. The van der Waals surface area contributed by atoms with E-state index in [4.69, 9.17) is 14.8 Å². The Morgan fingerprint density at radius 1 is 1.14 bits per heavy atom. The summed E-state index contributed by atoms with van der Waals surface area (Å²) in [6.45, 7) is 9.66. The van der Waals surface area contributed by atoms with E-state index < -0.39 is 10.8 Å². The normalized spacial score (nSPS) is 23.1. The van der Waals surface area contributed by atoms with Gasteiger partial charge in [-0.1, -0.05) is 43.0 Å². The second-order valence-corrected chi connectivity index (χ2v) is 8.36. The minimum Gasteiger partial charge on any atom is -0.394 e. The molecule has 1 fully saturated rings. The number of amidine groups is 1. The Bertz CT molecular complexity index is 811. The molecule has 2 aliphatic rings. The van der Waals surface area contributed by atoms with Crippen molar-refractivity contribution in [2.45, 2.75) is 4.90 Å². The third kappa shape index (κ3) is 6.21. The van der Waals surface area contributed by atoms with Crippen LogP contribution in [0.15, 0.2) is 70.6 Å². The number of para-hydroxylation sites is 1. The van der Waals surface area contributed by atoms with Crippen LogP contribution < -0.4 is 0 Å². The molecule has 0 bridgehead atoms. The van der Waals surface area contributed by atoms with Crippen LogP contribution in [-0.4, -0.2) is 83.2 Å². The minimum atomic E-state index is -1.13. The zero-order valence-electron chi connectivity index (χ0n) is 16.7. The summed E-state index contributed by atoms with van der Waals surface area (Å²) in [5.74, 6) is 1.30. The van der Waals surface area contributed by atoms with Crippen molar-refractivity contribution in [2.75, 3.05) is 58.3 Å². The van der Waals surface area contributed by atoms with Crippen LogP contribution in [0.2, 0.25) is 0 Å². The molecule has 0 spiro atoms. The zero-order chi connectivity index (χ0) is 20.5. The summed E-state index contributed by atoms with van der Waals surface area (Å²) < 4.78 is 18.1. The van der Waals surface area contributed by atoms with Gasteiger partial charge < -0.3 is 14.7 Å². The number of hydrogen-bond donors (Lipinski definition) is 1. The monoisotopic (exact) mass is 415 g/mol. The van der Waals surface area contributed by atoms with Crippen LogP contribution in [0.1, 0.15) is 0 Å². The molecule has 6 nitrogen and oxygen atoms in total. The molecule has 1 aromatic rings. The van der Waals surface area contributed by atoms with Crippen LogP contribution in [0.25, 0.3) is 0 Å². The van der Waals surface area contributed by atoms with Gasteiger partial charge in [0.15, 0.2) is 0 Å². The van der Waals surface area contributed by atoms with Gasteiger partial charge in [0.25, 0.3) is 0 Å². The number of allylic oxidation sites excluding steroid dienone is 2. The van der Waals surface area contributed by atoms with Crippen LogP contribution in [0, 0.1) is 0 Å². The number of aliphatic hydroxyl groups excluding tert-OH is 1. The van der Waals surface area contributed by atoms with E-state index in [0.717, 1.165) is 54.7 Å². The molecular weight excluding hydrogens is 386 g/mol. The Kier molecular flexibility index (Phi) is 8.37. The third-order valence-electron chi connectivity index (χ3n) is 4.88. The SMILES string of the molecule is C=C1/C=C\C=C/CS(=O)c2ccccc2N=C1N1CCN(CCOCCO)CC1. The number of aliphatic imine (C=N–C) groups is 1. The lowest BCUT2D eigenvalue weighted by Crippen LogP contribution is -2.49. The Balaban J connectivity index is 1.77. The van der Waals surface area contributed by atoms with Crippen molar-refractivity contribution in [3.05, 3.63) is 60.7 Å². The molecule has 2 aliphatic heterocycles. The molecular formula is C22H29N3O3S. The molecule has 1 aromatic carbocycles. The largest absolute Gasteiger partial charge is 0.394 e. The lowest BCUT2D eigenvalue weighted by Gasteiger charge is -2.36. The first kappa shape index (κ1) is 21.6. The van der Waals surface area contributed by atoms with Gasteiger partial charge in [-0.15, -0.1) is 0 Å². The second-order valence-electron chi connectivity index (χ2n) is 6.89. The van der Waals surface area contributed by atoms with E-state index >= 15 is 0 Å². The van der Waals surface area contributed by atoms with E-state index in [1.807, 2.05) is 48.6 Å². The molecule has 2 heterocycles. The average Bonchev–Trinajstić information content (AvgIpc) is 2.77. The molecule has 156 valence electrons. The Hall–Kier alpha value is -2.06. The van der Waals surface area contributed by atoms with E-state index in [2.05, 4.69) is 16.4 Å². The summed E-state index contributed by atoms with van der Waals surface area (Å²) in [4.78, 5) is 10.3. The quantitative estimate of drug-likeness (QED) is 0.747. The number of hydrogen-bond acceptors (Lipinski definition) is 6. The highest BCUT2D eigenvalue weighted by molar-refractivity contribution is 7.85. The van der Waals surface area contributed by atoms with Gasteiger partial charge in [-0.2, -0.15) is 0 Å². The van der Waals surface area contributed by atoms with Gasteiger partial charge in [0, 0.05) is 44.0 Å². The second kappa shape index (κ2) is 11.2. The van der Waals surface area contributed by atoms with Crippen molar-refractivity contribution in [1.29, 1.82) is 0 Å². The van der Waals surface area contributed by atoms with Crippen molar-refractivity contribution in [1.82, 2.24) is 9.80 Å². The summed E-state index contributed by atoms with van der Waals surface area (Å²) in [6.07, 6.45) is 7.72. The fourth-order valence-electron chi connectivity index (χ4n) is 3.30. The maximum Gasteiger partial charge on any atom is 0.136 e. The van der Waals surface area contributed by atoms with Gasteiger partial charge in [-0.25, -0.2) is 4.99 Å². The lowest BCUT2D eigenvalue weighted by atomic mass is 10.2. The molecule has 0 aromatic heterocycles. The van der Waals surface area contributed by atoms with E-state index in [0.29, 0.717) is 19.0 Å². The molecule has 3 rings (SSSR count). The molecule has 29 heavy (non-hydrogen) atoms. The summed E-state index contributed by atoms with van der Waals surface area (Å²) in [7, 11) is -1.13. The lowest BCUT2D eigenvalue weighted by molar-refractivity contribution is 0.0652. The first-order valence-corrected chi connectivity index (χ1v) is 11.3. The fraction of sp³-hybridized carbons (Fsp3) is 0.409. The van der Waals surface area contributed by atoms with Gasteiger partial charge in [-0.05, 0) is 12.1 Å². The van der Waals surface area contributed by atoms with E-state index in [1.54, 1.807) is 0 Å². The fourth-order valence-corrected chi connectivity index (χ4v) is 4.35. The van der Waals surface area contributed by atoms with Crippen LogP contribution in [0.5, 0.6) is 0 Å². The Labute approximate surface area is 175 Å². The van der Waals surface area contributed by atoms with Crippen molar-refractivity contribution in [3.8, 4) is 0 Å². The molecule has 1 N–H and O–H groups in total. The average molecular weight is 416 g/mol. The van der Waals surface area contributed by atoms with E-state index in [1.165, 1.54) is 0 Å². The Morgan fingerprint density at radius 3 is 2.72 bits per heavy atom. The number of nitrogens with zero attached hydrogens (tertiary/aromatic N) is 3. The number of ether oxygens (including phenoxy) is 1. The molecule has 1 atom stereocenters. The molecule has 0 saturated carbocycles. The number of benzene rings is 1. The summed E-state index contributed by atoms with van der Waals surface area (Å²) in [5, 5.41) is 8.80. The van der Waals surface area contributed by atoms with Gasteiger partial charge in [0.1, 0.15) is 5.84 Å². The predicted molar refractivity (Wildman–Crippen MR) is 118 cm³/mol. The molecule has 7 heteroatoms. The number of fused-ring (bicyclic) bond motifs is 1. The maximum atomic E-state index is 12.7. The van der Waals surface area contributed by atoms with Gasteiger partial charge in [-0.3, -0.25) is 9.11 Å². The molecule has 1 unspecified atom stereocenters. The number of rotatable bonds is 5. The summed E-state index contributed by atoms with van der Waals surface area (Å²) in [6, 6.07) is 7.63. The van der Waals surface area contributed by atoms with Gasteiger partial charge in [0.05, 0.1) is 41.2 Å². The van der Waals surface area contributed by atoms with Crippen molar-refractivity contribution in [2.24, 2.45) is 4.99 Å². The van der Waals surface area contributed by atoms with Crippen LogP contribution in [-0.2, 0) is 15.5 Å². The van der Waals surface area contributed by atoms with Gasteiger partial charge in [0.2, 0.25) is 0 Å². The molecule has 0 amide bonds. The first-order chi connectivity index (χ1) is 14.2. The summed E-state index contributed by atoms with van der Waals surface area (Å²) in [5.41, 5.74) is 1.59. The van der Waals surface area contributed by atoms with E-state index in [-0.39, 0.29) is 6.61 Å². The highest BCUT2D eigenvalue weighted by Crippen LogP contribution is 2.25. The zero-order valence-corrected chi connectivity index (χ0v) is 17.5. The Morgan fingerprint density at radius 2 is 1.93 bits per heavy atom. The smallest absolute Gasteiger partial charge is 0.136 e. The van der Waals surface area contributed by atoms with Crippen molar-refractivity contribution >= 4 is 22.3 Å². The number of piperazine rings is 1. The third-order valence-corrected chi connectivity index (χ3v) is 6.21. The van der Waals surface area contributed by atoms with Crippen LogP contribution in [0.4, 0.5) is 5.69 Å².